The summed E-state index contributed by atoms with van der Waals surface area (Å²) in [5, 5.41) is 16.7. The lowest BCUT2D eigenvalue weighted by molar-refractivity contribution is -0.192. The molecule has 1 unspecified atom stereocenters. The molecule has 0 bridgehead atoms. The van der Waals surface area contributed by atoms with Gasteiger partial charge in [0.05, 0.1) is 9.90 Å². The molecule has 216 valence electrons. The van der Waals surface area contributed by atoms with Crippen molar-refractivity contribution in [3.8, 4) is 0 Å². The van der Waals surface area contributed by atoms with Crippen molar-refractivity contribution in [2.75, 3.05) is 6.54 Å². The first-order valence-corrected chi connectivity index (χ1v) is 15.0. The van der Waals surface area contributed by atoms with Crippen LogP contribution in [0.3, 0.4) is 0 Å². The Morgan fingerprint density at radius 1 is 1.20 bits per heavy atom. The third-order valence-electron chi connectivity index (χ3n) is 5.52. The van der Waals surface area contributed by atoms with Gasteiger partial charge < -0.3 is 15.7 Å². The number of rotatable bonds is 8. The van der Waals surface area contributed by atoms with Gasteiger partial charge in [0.25, 0.3) is 10.0 Å². The Hall–Kier alpha value is -2.69. The molecule has 4 N–H and O–H groups in total. The molecule has 1 atom stereocenters. The van der Waals surface area contributed by atoms with E-state index in [0.29, 0.717) is 24.4 Å². The zero-order chi connectivity index (χ0) is 29.8. The number of nitrogens with two attached hydrogens (primary N) is 1. The van der Waals surface area contributed by atoms with Crippen molar-refractivity contribution in [1.29, 1.82) is 5.41 Å². The maximum atomic E-state index is 13.6. The molecule has 1 amide bonds. The topological polar surface area (TPSA) is 145 Å². The van der Waals surface area contributed by atoms with E-state index < -0.39 is 28.2 Å². The van der Waals surface area contributed by atoms with E-state index in [2.05, 4.69) is 0 Å². The van der Waals surface area contributed by atoms with Gasteiger partial charge in [0.2, 0.25) is 5.91 Å². The molecule has 3 aromatic rings. The monoisotopic (exact) mass is 656 g/mol. The van der Waals surface area contributed by atoms with Crippen molar-refractivity contribution < 1.29 is 36.3 Å². The average Bonchev–Trinajstić information content (AvgIpc) is 3.58. The fourth-order valence-electron chi connectivity index (χ4n) is 3.66. The number of benzene rings is 1. The molecular weight excluding hydrogens is 636 g/mol. The number of nitrogens with zero attached hydrogens (tertiary/aromatic N) is 2. The smallest absolute Gasteiger partial charge is 0.475 e. The summed E-state index contributed by atoms with van der Waals surface area (Å²) in [7, 11) is -4.03. The van der Waals surface area contributed by atoms with Crippen LogP contribution in [0.25, 0.3) is 0 Å². The second-order valence-electron chi connectivity index (χ2n) is 8.32. The van der Waals surface area contributed by atoms with E-state index in [9.17, 15) is 26.4 Å². The van der Waals surface area contributed by atoms with Crippen LogP contribution in [-0.4, -0.2) is 59.2 Å². The van der Waals surface area contributed by atoms with Crippen molar-refractivity contribution in [3.05, 3.63) is 73.2 Å². The van der Waals surface area contributed by atoms with Gasteiger partial charge in [-0.25, -0.2) is 13.2 Å². The molecule has 4 rings (SSSR count). The fraction of sp³-hybridized carbons (Fsp3) is 0.261. The van der Waals surface area contributed by atoms with Crippen molar-refractivity contribution in [2.45, 2.75) is 35.9 Å². The van der Waals surface area contributed by atoms with E-state index in [1.54, 1.807) is 11.0 Å². The number of amides is 1. The molecule has 2 aromatic heterocycles. The Kier molecular flexibility index (Phi) is 10.2. The van der Waals surface area contributed by atoms with E-state index in [1.807, 2.05) is 35.7 Å². The number of sulfonamides is 1. The van der Waals surface area contributed by atoms with Gasteiger partial charge in [-0.3, -0.25) is 10.2 Å². The quantitative estimate of drug-likeness (QED) is 0.229. The summed E-state index contributed by atoms with van der Waals surface area (Å²) >= 11 is 14.3. The number of carboxylic acid groups (broad SMARTS) is 1. The fourth-order valence-corrected chi connectivity index (χ4v) is 8.04. The van der Waals surface area contributed by atoms with Gasteiger partial charge in [-0.2, -0.15) is 17.5 Å². The summed E-state index contributed by atoms with van der Waals surface area (Å²) in [5.74, 6) is -3.04. The van der Waals surface area contributed by atoms with E-state index in [0.717, 1.165) is 22.5 Å². The number of nitrogen functional groups attached to an aromatic ring is 1. The minimum Gasteiger partial charge on any atom is -0.475 e. The Balaban J connectivity index is 0.000000559. The standard InChI is InChI=1S/C21H20Cl2N4O3S3.C2HF3O2/c22-15-9-18(32-19(15)23)33(29,30)27(11-13-4-2-1-3-5-13)16-6-7-26(21(16)28)10-14-8-17(20(24)25)31-12-14;3-2(4,5)1(6)7/h1-5,8-9,12,16H,6-7,10-11H2,(H3,24,25);(H,6,7). The molecule has 9 nitrogen and oxygen atoms in total. The van der Waals surface area contributed by atoms with Crippen LogP contribution in [0.2, 0.25) is 9.36 Å². The summed E-state index contributed by atoms with van der Waals surface area (Å²) in [4.78, 5) is 24.5. The van der Waals surface area contributed by atoms with Gasteiger partial charge in [-0.1, -0.05) is 53.5 Å². The van der Waals surface area contributed by atoms with E-state index in [1.165, 1.54) is 21.7 Å². The highest BCUT2D eigenvalue weighted by molar-refractivity contribution is 7.91. The van der Waals surface area contributed by atoms with Crippen LogP contribution in [0.4, 0.5) is 13.2 Å². The Morgan fingerprint density at radius 2 is 1.82 bits per heavy atom. The van der Waals surface area contributed by atoms with Crippen molar-refractivity contribution in [1.82, 2.24) is 9.21 Å². The average molecular weight is 658 g/mol. The third-order valence-corrected chi connectivity index (χ3v) is 10.7. The van der Waals surface area contributed by atoms with E-state index in [-0.39, 0.29) is 31.9 Å². The first kappa shape index (κ1) is 31.8. The second kappa shape index (κ2) is 12.9. The summed E-state index contributed by atoms with van der Waals surface area (Å²) < 4.78 is 60.4. The Morgan fingerprint density at radius 3 is 2.33 bits per heavy atom. The van der Waals surface area contributed by atoms with Gasteiger partial charge in [0.1, 0.15) is 20.4 Å². The lowest BCUT2D eigenvalue weighted by atomic mass is 10.2. The van der Waals surface area contributed by atoms with Crippen LogP contribution in [0.5, 0.6) is 0 Å². The zero-order valence-electron chi connectivity index (χ0n) is 20.2. The highest BCUT2D eigenvalue weighted by Crippen LogP contribution is 2.37. The number of carboxylic acids is 1. The van der Waals surface area contributed by atoms with Crippen molar-refractivity contribution in [2.24, 2.45) is 5.73 Å². The maximum absolute atomic E-state index is 13.6. The first-order chi connectivity index (χ1) is 18.6. The van der Waals surface area contributed by atoms with Gasteiger partial charge in [0, 0.05) is 19.6 Å². The van der Waals surface area contributed by atoms with Crippen LogP contribution in [-0.2, 0) is 32.7 Å². The molecule has 0 radical (unpaired) electrons. The molecule has 1 fully saturated rings. The number of likely N-dealkylation sites (tertiary alicyclic amines) is 1. The number of halogens is 5. The van der Waals surface area contributed by atoms with Crippen LogP contribution in [0, 0.1) is 5.41 Å². The SMILES string of the molecule is N=C(N)c1cc(CN2CCC(N(Cc3ccccc3)S(=O)(=O)c3cc(Cl)c(Cl)s3)C2=O)cs1.O=C(O)C(F)(F)F. The largest absolute Gasteiger partial charge is 0.490 e. The number of carbonyl (C=O) groups is 2. The summed E-state index contributed by atoms with van der Waals surface area (Å²) in [5.41, 5.74) is 7.16. The number of hydrogen-bond donors (Lipinski definition) is 3. The normalized spacial score (nSPS) is 15.7. The lowest BCUT2D eigenvalue weighted by Gasteiger charge is -2.27. The molecule has 0 saturated carbocycles. The number of amidine groups is 1. The van der Waals surface area contributed by atoms with Gasteiger partial charge in [0.15, 0.2) is 0 Å². The number of thiophene rings is 2. The number of carbonyl (C=O) groups excluding carboxylic acids is 1. The van der Waals surface area contributed by atoms with Gasteiger partial charge in [-0.05, 0) is 35.1 Å². The van der Waals surface area contributed by atoms with E-state index in [4.69, 9.17) is 44.2 Å². The molecule has 0 spiro atoms. The first-order valence-electron chi connectivity index (χ1n) is 11.1. The van der Waals surface area contributed by atoms with Gasteiger partial charge in [-0.15, -0.1) is 22.7 Å². The molecule has 1 saturated heterocycles. The molecule has 17 heteroatoms. The lowest BCUT2D eigenvalue weighted by Crippen LogP contribution is -2.44. The highest BCUT2D eigenvalue weighted by atomic mass is 35.5. The maximum Gasteiger partial charge on any atom is 0.490 e. The number of nitrogens with one attached hydrogen (secondary N) is 1. The molecule has 40 heavy (non-hydrogen) atoms. The molecule has 1 aromatic carbocycles. The third kappa shape index (κ3) is 7.73. The number of alkyl halides is 3. The Labute approximate surface area is 245 Å². The van der Waals surface area contributed by atoms with E-state index >= 15 is 0 Å². The summed E-state index contributed by atoms with van der Waals surface area (Å²) in [6.45, 7) is 0.796. The molecule has 3 heterocycles. The summed E-state index contributed by atoms with van der Waals surface area (Å²) in [6.07, 6.45) is -4.72. The highest BCUT2D eigenvalue weighted by Gasteiger charge is 2.42. The minimum absolute atomic E-state index is 0.00335. The van der Waals surface area contributed by atoms with Gasteiger partial charge >= 0.3 is 12.1 Å². The predicted octanol–water partition coefficient (Wildman–Crippen LogP) is 5.03. The molecule has 1 aliphatic heterocycles. The number of aliphatic carboxylic acids is 1. The van der Waals surface area contributed by atoms with Crippen molar-refractivity contribution >= 4 is 73.6 Å². The zero-order valence-corrected chi connectivity index (χ0v) is 24.2. The predicted molar refractivity (Wildman–Crippen MR) is 146 cm³/mol. The molecule has 1 aliphatic rings. The minimum atomic E-state index is -5.08. The Bertz CT molecular complexity index is 1480. The number of hydrogen-bond acceptors (Lipinski definition) is 7. The van der Waals surface area contributed by atoms with Crippen LogP contribution in [0.1, 0.15) is 22.4 Å². The van der Waals surface area contributed by atoms with Crippen LogP contribution < -0.4 is 5.73 Å². The van der Waals surface area contributed by atoms with Crippen LogP contribution in [0.15, 0.2) is 52.1 Å². The molecule has 0 aliphatic carbocycles. The van der Waals surface area contributed by atoms with Crippen molar-refractivity contribution in [3.63, 3.8) is 0 Å². The summed E-state index contributed by atoms with van der Waals surface area (Å²) in [6, 6.07) is 11.4. The van der Waals surface area contributed by atoms with Crippen LogP contribution >= 0.6 is 45.9 Å². The molecular formula is C23H21Cl2F3N4O5S3. The second-order valence-corrected chi connectivity index (χ2v) is 13.4.